The smallest absolute Gasteiger partial charge is 0.337 e. The highest BCUT2D eigenvalue weighted by molar-refractivity contribution is 5.95. The molecule has 0 atom stereocenters. The van der Waals surface area contributed by atoms with Gasteiger partial charge >= 0.3 is 5.97 Å². The van der Waals surface area contributed by atoms with Gasteiger partial charge in [0.25, 0.3) is 0 Å². The summed E-state index contributed by atoms with van der Waals surface area (Å²) in [6.45, 7) is 0. The summed E-state index contributed by atoms with van der Waals surface area (Å²) in [5.41, 5.74) is 2.98. The van der Waals surface area contributed by atoms with E-state index in [4.69, 9.17) is 5.11 Å². The predicted molar refractivity (Wildman–Crippen MR) is 68.4 cm³/mol. The molecule has 0 spiro atoms. The van der Waals surface area contributed by atoms with Gasteiger partial charge in [-0.25, -0.2) is 4.79 Å². The second-order valence-electron chi connectivity index (χ2n) is 3.68. The molecule has 2 aromatic rings. The number of hydrogen-bond donors (Lipinski definition) is 2. The molecular formula is C14H13NO2. The second-order valence-corrected chi connectivity index (χ2v) is 3.68. The molecule has 0 unspecified atom stereocenters. The van der Waals surface area contributed by atoms with Crippen LogP contribution >= 0.6 is 0 Å². The third kappa shape index (κ3) is 2.28. The molecule has 3 nitrogen and oxygen atoms in total. The Balaban J connectivity index is 2.49. The maximum absolute atomic E-state index is 11.0. The zero-order valence-electron chi connectivity index (χ0n) is 9.47. The normalized spacial score (nSPS) is 9.94. The van der Waals surface area contributed by atoms with Crippen LogP contribution in [-0.2, 0) is 0 Å². The van der Waals surface area contributed by atoms with Gasteiger partial charge in [-0.1, -0.05) is 36.4 Å². The van der Waals surface area contributed by atoms with E-state index in [2.05, 4.69) is 5.32 Å². The molecule has 86 valence electrons. The van der Waals surface area contributed by atoms with Crippen molar-refractivity contribution < 1.29 is 9.90 Å². The first-order valence-corrected chi connectivity index (χ1v) is 5.33. The Labute approximate surface area is 99.7 Å². The van der Waals surface area contributed by atoms with Crippen molar-refractivity contribution in [2.75, 3.05) is 12.4 Å². The maximum Gasteiger partial charge on any atom is 0.337 e. The van der Waals surface area contributed by atoms with Gasteiger partial charge in [0, 0.05) is 12.7 Å². The molecule has 0 aliphatic carbocycles. The average Bonchev–Trinajstić information content (AvgIpc) is 2.39. The third-order valence-corrected chi connectivity index (χ3v) is 2.63. The fraction of sp³-hybridized carbons (Fsp3) is 0.0714. The Morgan fingerprint density at radius 1 is 1.06 bits per heavy atom. The monoisotopic (exact) mass is 227 g/mol. The van der Waals surface area contributed by atoms with Crippen LogP contribution < -0.4 is 5.32 Å². The van der Waals surface area contributed by atoms with Crippen molar-refractivity contribution in [1.29, 1.82) is 0 Å². The van der Waals surface area contributed by atoms with Crippen molar-refractivity contribution in [2.45, 2.75) is 0 Å². The Bertz CT molecular complexity index is 535. The van der Waals surface area contributed by atoms with Gasteiger partial charge in [0.05, 0.1) is 5.56 Å². The van der Waals surface area contributed by atoms with Crippen molar-refractivity contribution in [3.63, 3.8) is 0 Å². The maximum atomic E-state index is 11.0. The molecule has 0 bridgehead atoms. The van der Waals surface area contributed by atoms with Crippen LogP contribution in [-0.4, -0.2) is 18.1 Å². The van der Waals surface area contributed by atoms with Crippen molar-refractivity contribution in [3.05, 3.63) is 54.1 Å². The van der Waals surface area contributed by atoms with E-state index in [1.54, 1.807) is 13.1 Å². The molecule has 0 heterocycles. The van der Waals surface area contributed by atoms with E-state index in [1.807, 2.05) is 42.5 Å². The summed E-state index contributed by atoms with van der Waals surface area (Å²) in [4.78, 5) is 11.0. The van der Waals surface area contributed by atoms with Crippen LogP contribution in [0, 0.1) is 0 Å². The fourth-order valence-electron chi connectivity index (χ4n) is 1.75. The number of carbonyl (C=O) groups is 1. The van der Waals surface area contributed by atoms with Crippen LogP contribution in [0.4, 0.5) is 5.69 Å². The first-order valence-electron chi connectivity index (χ1n) is 5.33. The minimum atomic E-state index is -0.922. The van der Waals surface area contributed by atoms with Gasteiger partial charge in [0.2, 0.25) is 0 Å². The van der Waals surface area contributed by atoms with Crippen LogP contribution in [0.25, 0.3) is 11.1 Å². The van der Waals surface area contributed by atoms with Crippen molar-refractivity contribution in [2.24, 2.45) is 0 Å². The lowest BCUT2D eigenvalue weighted by atomic mass is 10.0. The fourth-order valence-corrected chi connectivity index (χ4v) is 1.75. The predicted octanol–water partition coefficient (Wildman–Crippen LogP) is 3.09. The molecule has 0 fully saturated rings. The Kier molecular flexibility index (Phi) is 3.10. The number of nitrogens with one attached hydrogen (secondary N) is 1. The van der Waals surface area contributed by atoms with Crippen LogP contribution in [0.3, 0.4) is 0 Å². The Morgan fingerprint density at radius 2 is 1.76 bits per heavy atom. The molecule has 0 saturated heterocycles. The lowest BCUT2D eigenvalue weighted by Crippen LogP contribution is -2.02. The quantitative estimate of drug-likeness (QED) is 0.847. The first-order chi connectivity index (χ1) is 8.22. The summed E-state index contributed by atoms with van der Waals surface area (Å²) < 4.78 is 0. The zero-order chi connectivity index (χ0) is 12.3. The minimum Gasteiger partial charge on any atom is -0.478 e. The van der Waals surface area contributed by atoms with Crippen LogP contribution in [0.1, 0.15) is 10.4 Å². The molecular weight excluding hydrogens is 214 g/mol. The van der Waals surface area contributed by atoms with Crippen LogP contribution in [0.2, 0.25) is 0 Å². The molecule has 2 aromatic carbocycles. The van der Waals surface area contributed by atoms with Gasteiger partial charge in [-0.15, -0.1) is 0 Å². The third-order valence-electron chi connectivity index (χ3n) is 2.63. The summed E-state index contributed by atoms with van der Waals surface area (Å²) in [6.07, 6.45) is 0. The van der Waals surface area contributed by atoms with E-state index in [1.165, 1.54) is 0 Å². The highest BCUT2D eigenvalue weighted by atomic mass is 16.4. The van der Waals surface area contributed by atoms with Crippen molar-refractivity contribution in [1.82, 2.24) is 0 Å². The van der Waals surface area contributed by atoms with Gasteiger partial charge in [-0.3, -0.25) is 0 Å². The van der Waals surface area contributed by atoms with Crippen molar-refractivity contribution >= 4 is 11.7 Å². The molecule has 0 amide bonds. The number of anilines is 1. The highest BCUT2D eigenvalue weighted by Gasteiger charge is 2.09. The van der Waals surface area contributed by atoms with Crippen LogP contribution in [0.5, 0.6) is 0 Å². The van der Waals surface area contributed by atoms with Gasteiger partial charge in [0.1, 0.15) is 0 Å². The highest BCUT2D eigenvalue weighted by Crippen LogP contribution is 2.25. The summed E-state index contributed by atoms with van der Waals surface area (Å²) in [5.74, 6) is -0.922. The molecule has 0 aliphatic heterocycles. The van der Waals surface area contributed by atoms with E-state index in [9.17, 15) is 4.79 Å². The van der Waals surface area contributed by atoms with Gasteiger partial charge < -0.3 is 10.4 Å². The zero-order valence-corrected chi connectivity index (χ0v) is 9.47. The first kappa shape index (κ1) is 11.2. The molecule has 17 heavy (non-hydrogen) atoms. The number of hydrogen-bond acceptors (Lipinski definition) is 2. The molecule has 2 rings (SSSR count). The number of rotatable bonds is 3. The summed E-state index contributed by atoms with van der Waals surface area (Å²) in [6, 6.07) is 15.1. The van der Waals surface area contributed by atoms with E-state index in [0.29, 0.717) is 5.69 Å². The standard InChI is InChI=1S/C14H13NO2/c1-15-13-9-11(7-8-12(13)14(16)17)10-5-3-2-4-6-10/h2-9,15H,1H3,(H,16,17). The molecule has 0 radical (unpaired) electrons. The summed E-state index contributed by atoms with van der Waals surface area (Å²) in [5, 5.41) is 11.9. The molecule has 0 aromatic heterocycles. The lowest BCUT2D eigenvalue weighted by molar-refractivity contribution is 0.0698. The number of benzene rings is 2. The van der Waals surface area contributed by atoms with E-state index in [0.717, 1.165) is 11.1 Å². The van der Waals surface area contributed by atoms with Gasteiger partial charge in [-0.2, -0.15) is 0 Å². The van der Waals surface area contributed by atoms with E-state index < -0.39 is 5.97 Å². The number of aromatic carboxylic acids is 1. The van der Waals surface area contributed by atoms with Crippen LogP contribution in [0.15, 0.2) is 48.5 Å². The molecule has 0 aliphatic rings. The molecule has 2 N–H and O–H groups in total. The Hall–Kier alpha value is -2.29. The lowest BCUT2D eigenvalue weighted by Gasteiger charge is -2.08. The Morgan fingerprint density at radius 3 is 2.35 bits per heavy atom. The minimum absolute atomic E-state index is 0.284. The SMILES string of the molecule is CNc1cc(-c2ccccc2)ccc1C(=O)O. The summed E-state index contributed by atoms with van der Waals surface area (Å²) in [7, 11) is 1.72. The molecule has 3 heteroatoms. The second kappa shape index (κ2) is 4.70. The van der Waals surface area contributed by atoms with Gasteiger partial charge in [-0.05, 0) is 23.3 Å². The number of carboxylic acids is 1. The van der Waals surface area contributed by atoms with E-state index >= 15 is 0 Å². The van der Waals surface area contributed by atoms with Gasteiger partial charge in [0.15, 0.2) is 0 Å². The van der Waals surface area contributed by atoms with E-state index in [-0.39, 0.29) is 5.56 Å². The number of carboxylic acid groups (broad SMARTS) is 1. The summed E-state index contributed by atoms with van der Waals surface area (Å²) >= 11 is 0. The largest absolute Gasteiger partial charge is 0.478 e. The van der Waals surface area contributed by atoms with Crippen molar-refractivity contribution in [3.8, 4) is 11.1 Å². The topological polar surface area (TPSA) is 49.3 Å². The average molecular weight is 227 g/mol. The molecule has 0 saturated carbocycles.